The number of aryl methyl sites for hydroxylation is 1. The lowest BCUT2D eigenvalue weighted by molar-refractivity contribution is -0.113. The average Bonchev–Trinajstić information content (AvgIpc) is 3.45. The van der Waals surface area contributed by atoms with E-state index in [0.29, 0.717) is 26.7 Å². The molecule has 4 aromatic rings. The number of aromatic nitrogens is 4. The number of thioether (sulfide) groups is 1. The van der Waals surface area contributed by atoms with Crippen LogP contribution < -0.4 is 10.6 Å². The topological polar surface area (TPSA) is 102 Å². The molecule has 4 rings (SSSR count). The summed E-state index contributed by atoms with van der Waals surface area (Å²) in [5.41, 5.74) is 3.51. The van der Waals surface area contributed by atoms with Gasteiger partial charge in [0.25, 0.3) is 5.91 Å². The molecule has 0 fully saturated rings. The second-order valence-corrected chi connectivity index (χ2v) is 10.1. The summed E-state index contributed by atoms with van der Waals surface area (Å²) in [6.07, 6.45) is 0. The summed E-state index contributed by atoms with van der Waals surface area (Å²) in [6.45, 7) is 3.86. The molecule has 2 aromatic heterocycles. The lowest BCUT2D eigenvalue weighted by Crippen LogP contribution is -2.28. The summed E-state index contributed by atoms with van der Waals surface area (Å²) in [4.78, 5) is 29.4. The highest BCUT2D eigenvalue weighted by molar-refractivity contribution is 7.99. The average molecular weight is 527 g/mol. The third-order valence-electron chi connectivity index (χ3n) is 5.14. The Labute approximate surface area is 216 Å². The number of thiazole rings is 1. The van der Waals surface area contributed by atoms with E-state index >= 15 is 0 Å². The van der Waals surface area contributed by atoms with Crippen LogP contribution in [0.4, 0.5) is 5.13 Å². The number of hydrogen-bond acceptors (Lipinski definition) is 7. The van der Waals surface area contributed by atoms with Crippen LogP contribution in [0.25, 0.3) is 11.3 Å². The Morgan fingerprint density at radius 1 is 1.11 bits per heavy atom. The molecule has 11 heteroatoms. The Kier molecular flexibility index (Phi) is 7.84. The quantitative estimate of drug-likeness (QED) is 0.309. The van der Waals surface area contributed by atoms with Crippen molar-refractivity contribution in [1.29, 1.82) is 0 Å². The molecule has 0 unspecified atom stereocenters. The van der Waals surface area contributed by atoms with E-state index in [2.05, 4.69) is 25.8 Å². The van der Waals surface area contributed by atoms with Gasteiger partial charge in [0, 0.05) is 28.6 Å². The molecule has 2 N–H and O–H groups in total. The van der Waals surface area contributed by atoms with Gasteiger partial charge in [0.1, 0.15) is 0 Å². The van der Waals surface area contributed by atoms with Gasteiger partial charge in [-0.25, -0.2) is 4.98 Å². The first-order valence-corrected chi connectivity index (χ1v) is 13.0. The SMILES string of the molecule is Cc1ccc(-c2csc(NC(=O)CSc3nnc([C@@H](C)NC(=O)c4ccc(Cl)cc4)n3C)n2)cc1. The number of nitrogens with zero attached hydrogens (tertiary/aromatic N) is 4. The van der Waals surface area contributed by atoms with Crippen molar-refractivity contribution >= 4 is 51.6 Å². The Hall–Kier alpha value is -3.21. The standard InChI is InChI=1S/C24H23ClN6O2S2/c1-14-4-6-16(7-5-14)19-12-34-23(27-19)28-20(32)13-35-24-30-29-21(31(24)3)15(2)26-22(33)17-8-10-18(25)11-9-17/h4-12,15H,13H2,1-3H3,(H,26,33)(H,27,28,32)/t15-/m1/s1. The van der Waals surface area contributed by atoms with Crippen molar-refractivity contribution in [2.75, 3.05) is 11.1 Å². The second kappa shape index (κ2) is 11.0. The third-order valence-corrected chi connectivity index (χ3v) is 7.17. The van der Waals surface area contributed by atoms with Crippen LogP contribution >= 0.6 is 34.7 Å². The van der Waals surface area contributed by atoms with Crippen molar-refractivity contribution in [2.24, 2.45) is 7.05 Å². The van der Waals surface area contributed by atoms with E-state index in [4.69, 9.17) is 11.6 Å². The van der Waals surface area contributed by atoms with Crippen LogP contribution in [0.2, 0.25) is 5.02 Å². The predicted octanol–water partition coefficient (Wildman–Crippen LogP) is 5.12. The minimum atomic E-state index is -0.380. The maximum atomic E-state index is 12.5. The maximum Gasteiger partial charge on any atom is 0.251 e. The molecule has 0 aliphatic rings. The van der Waals surface area contributed by atoms with E-state index in [1.54, 1.807) is 35.9 Å². The first-order valence-electron chi connectivity index (χ1n) is 10.7. The Morgan fingerprint density at radius 3 is 2.54 bits per heavy atom. The van der Waals surface area contributed by atoms with Gasteiger partial charge in [-0.1, -0.05) is 53.2 Å². The highest BCUT2D eigenvalue weighted by Crippen LogP contribution is 2.26. The normalized spacial score (nSPS) is 11.8. The summed E-state index contributed by atoms with van der Waals surface area (Å²) in [6, 6.07) is 14.4. The third kappa shape index (κ3) is 6.27. The van der Waals surface area contributed by atoms with Crippen LogP contribution in [0.1, 0.15) is 34.7 Å². The van der Waals surface area contributed by atoms with Crippen molar-refractivity contribution in [1.82, 2.24) is 25.1 Å². The molecule has 0 aliphatic heterocycles. The van der Waals surface area contributed by atoms with Gasteiger partial charge < -0.3 is 15.2 Å². The fourth-order valence-corrected chi connectivity index (χ4v) is 4.83. The molecular weight excluding hydrogens is 504 g/mol. The Bertz CT molecular complexity index is 1340. The number of amides is 2. The molecule has 8 nitrogen and oxygen atoms in total. The zero-order valence-electron chi connectivity index (χ0n) is 19.3. The molecule has 0 saturated carbocycles. The van der Waals surface area contributed by atoms with Crippen LogP contribution in [0, 0.1) is 6.92 Å². The van der Waals surface area contributed by atoms with Gasteiger partial charge >= 0.3 is 0 Å². The maximum absolute atomic E-state index is 12.5. The highest BCUT2D eigenvalue weighted by atomic mass is 35.5. The van der Waals surface area contributed by atoms with Crippen molar-refractivity contribution in [2.45, 2.75) is 25.0 Å². The van der Waals surface area contributed by atoms with Crippen molar-refractivity contribution in [3.8, 4) is 11.3 Å². The zero-order valence-corrected chi connectivity index (χ0v) is 21.7. The molecule has 2 aromatic carbocycles. The fraction of sp³-hybridized carbons (Fsp3) is 0.208. The lowest BCUT2D eigenvalue weighted by Gasteiger charge is -2.13. The van der Waals surface area contributed by atoms with Gasteiger partial charge in [0.05, 0.1) is 17.5 Å². The molecule has 180 valence electrons. The molecule has 2 amide bonds. The van der Waals surface area contributed by atoms with Gasteiger partial charge in [-0.05, 0) is 38.1 Å². The smallest absolute Gasteiger partial charge is 0.251 e. The van der Waals surface area contributed by atoms with E-state index in [1.807, 2.05) is 43.5 Å². The van der Waals surface area contributed by atoms with Crippen molar-refractivity contribution in [3.05, 3.63) is 75.9 Å². The van der Waals surface area contributed by atoms with Crippen molar-refractivity contribution < 1.29 is 9.59 Å². The number of benzene rings is 2. The number of nitrogens with one attached hydrogen (secondary N) is 2. The summed E-state index contributed by atoms with van der Waals surface area (Å²) < 4.78 is 1.77. The number of hydrogen-bond donors (Lipinski definition) is 2. The van der Waals surface area contributed by atoms with Crippen LogP contribution in [0.15, 0.2) is 59.1 Å². The molecule has 2 heterocycles. The van der Waals surface area contributed by atoms with Gasteiger partial charge in [-0.2, -0.15) is 0 Å². The van der Waals surface area contributed by atoms with Gasteiger partial charge in [-0.3, -0.25) is 9.59 Å². The van der Waals surface area contributed by atoms with E-state index in [0.717, 1.165) is 11.3 Å². The summed E-state index contributed by atoms with van der Waals surface area (Å²) in [5.74, 6) is 0.308. The first kappa shape index (κ1) is 24.9. The van der Waals surface area contributed by atoms with E-state index in [-0.39, 0.29) is 23.6 Å². The Morgan fingerprint density at radius 2 is 1.83 bits per heavy atom. The van der Waals surface area contributed by atoms with Crippen LogP contribution in [-0.2, 0) is 11.8 Å². The van der Waals surface area contributed by atoms with Crippen molar-refractivity contribution in [3.63, 3.8) is 0 Å². The molecule has 35 heavy (non-hydrogen) atoms. The van der Waals surface area contributed by atoms with Crippen LogP contribution in [-0.4, -0.2) is 37.3 Å². The highest BCUT2D eigenvalue weighted by Gasteiger charge is 2.19. The molecule has 0 saturated heterocycles. The zero-order chi connectivity index (χ0) is 24.9. The van der Waals surface area contributed by atoms with E-state index < -0.39 is 0 Å². The van der Waals surface area contributed by atoms with Crippen LogP contribution in [0.3, 0.4) is 0 Å². The first-order chi connectivity index (χ1) is 16.8. The van der Waals surface area contributed by atoms with Crippen LogP contribution in [0.5, 0.6) is 0 Å². The number of anilines is 1. The number of carbonyl (C=O) groups is 2. The summed E-state index contributed by atoms with van der Waals surface area (Å²) in [5, 5.41) is 17.7. The van der Waals surface area contributed by atoms with Gasteiger partial charge in [0.2, 0.25) is 5.91 Å². The minimum absolute atomic E-state index is 0.150. The minimum Gasteiger partial charge on any atom is -0.342 e. The molecule has 0 aliphatic carbocycles. The summed E-state index contributed by atoms with van der Waals surface area (Å²) >= 11 is 8.53. The monoisotopic (exact) mass is 526 g/mol. The lowest BCUT2D eigenvalue weighted by atomic mass is 10.1. The second-order valence-electron chi connectivity index (χ2n) is 7.84. The Balaban J connectivity index is 1.31. The number of halogens is 1. The largest absolute Gasteiger partial charge is 0.342 e. The number of rotatable bonds is 8. The van der Waals surface area contributed by atoms with Gasteiger partial charge in [-0.15, -0.1) is 21.5 Å². The van der Waals surface area contributed by atoms with Gasteiger partial charge in [0.15, 0.2) is 16.1 Å². The number of carbonyl (C=O) groups excluding carboxylic acids is 2. The molecule has 1 atom stereocenters. The summed E-state index contributed by atoms with van der Waals surface area (Å²) in [7, 11) is 1.80. The van der Waals surface area contributed by atoms with E-state index in [9.17, 15) is 9.59 Å². The predicted molar refractivity (Wildman–Crippen MR) is 140 cm³/mol. The molecule has 0 radical (unpaired) electrons. The molecular formula is C24H23ClN6O2S2. The fourth-order valence-electron chi connectivity index (χ4n) is 3.25. The van der Waals surface area contributed by atoms with E-state index in [1.165, 1.54) is 28.7 Å². The molecule has 0 bridgehead atoms. The molecule has 0 spiro atoms.